The predicted molar refractivity (Wildman–Crippen MR) is 68.3 cm³/mol. The fourth-order valence-electron chi connectivity index (χ4n) is 4.14. The van der Waals surface area contributed by atoms with E-state index in [0.29, 0.717) is 11.8 Å². The zero-order valence-corrected chi connectivity index (χ0v) is 11.2. The van der Waals surface area contributed by atoms with Gasteiger partial charge in [0, 0.05) is 0 Å². The maximum atomic E-state index is 11.0. The van der Waals surface area contributed by atoms with Gasteiger partial charge in [0.05, 0.1) is 17.1 Å². The summed E-state index contributed by atoms with van der Waals surface area (Å²) in [6.07, 6.45) is 8.06. The van der Waals surface area contributed by atoms with Crippen LogP contribution in [0.5, 0.6) is 0 Å². The van der Waals surface area contributed by atoms with Crippen molar-refractivity contribution in [3.8, 4) is 6.07 Å². The van der Waals surface area contributed by atoms with Crippen LogP contribution in [0, 0.1) is 28.6 Å². The number of nitriles is 1. The number of aliphatic hydroxyl groups is 1. The van der Waals surface area contributed by atoms with Crippen molar-refractivity contribution in [1.29, 1.82) is 5.26 Å². The van der Waals surface area contributed by atoms with Gasteiger partial charge in [-0.05, 0) is 37.5 Å². The lowest BCUT2D eigenvalue weighted by Crippen LogP contribution is -2.52. The molecule has 0 bridgehead atoms. The molecular formula is C15H25NO. The fourth-order valence-corrected chi connectivity index (χ4v) is 4.14. The highest BCUT2D eigenvalue weighted by Gasteiger charge is 2.53. The van der Waals surface area contributed by atoms with Gasteiger partial charge in [-0.3, -0.25) is 0 Å². The minimum atomic E-state index is -0.714. The average Bonchev–Trinajstić information content (AvgIpc) is 2.28. The highest BCUT2D eigenvalue weighted by atomic mass is 16.3. The van der Waals surface area contributed by atoms with E-state index in [4.69, 9.17) is 0 Å². The first-order valence-corrected chi connectivity index (χ1v) is 7.15. The van der Waals surface area contributed by atoms with Crippen molar-refractivity contribution in [2.45, 2.75) is 70.8 Å². The fraction of sp³-hybridized carbons (Fsp3) is 0.933. The third kappa shape index (κ3) is 2.22. The van der Waals surface area contributed by atoms with Crippen LogP contribution in [-0.2, 0) is 0 Å². The summed E-state index contributed by atoms with van der Waals surface area (Å²) in [5, 5.41) is 20.7. The molecule has 4 atom stereocenters. The molecule has 2 fully saturated rings. The molecule has 0 saturated heterocycles. The van der Waals surface area contributed by atoms with Crippen molar-refractivity contribution in [3.05, 3.63) is 0 Å². The smallest absolute Gasteiger partial charge is 0.0862 e. The number of nitrogens with zero attached hydrogens (tertiary/aromatic N) is 1. The zero-order valence-electron chi connectivity index (χ0n) is 11.2. The van der Waals surface area contributed by atoms with Gasteiger partial charge in [0.1, 0.15) is 0 Å². The van der Waals surface area contributed by atoms with Crippen molar-refractivity contribution >= 4 is 0 Å². The Morgan fingerprint density at radius 3 is 2.18 bits per heavy atom. The van der Waals surface area contributed by atoms with Gasteiger partial charge in [0.15, 0.2) is 0 Å². The van der Waals surface area contributed by atoms with Gasteiger partial charge in [-0.25, -0.2) is 0 Å². The van der Waals surface area contributed by atoms with E-state index in [1.54, 1.807) is 0 Å². The lowest BCUT2D eigenvalue weighted by atomic mass is 9.56. The number of rotatable bonds is 1. The molecule has 0 heterocycles. The maximum absolute atomic E-state index is 11.0. The normalized spacial score (nSPS) is 47.4. The van der Waals surface area contributed by atoms with Crippen LogP contribution in [0.3, 0.4) is 0 Å². The molecule has 2 heteroatoms. The lowest BCUT2D eigenvalue weighted by molar-refractivity contribution is -0.114. The summed E-state index contributed by atoms with van der Waals surface area (Å²) in [7, 11) is 0. The van der Waals surface area contributed by atoms with E-state index in [1.165, 1.54) is 12.8 Å². The molecule has 17 heavy (non-hydrogen) atoms. The first kappa shape index (κ1) is 12.9. The van der Waals surface area contributed by atoms with Gasteiger partial charge in [0.25, 0.3) is 0 Å². The summed E-state index contributed by atoms with van der Waals surface area (Å²) in [6.45, 7) is 4.43. The van der Waals surface area contributed by atoms with Gasteiger partial charge < -0.3 is 5.11 Å². The molecule has 2 nitrogen and oxygen atoms in total. The highest BCUT2D eigenvalue weighted by Crippen LogP contribution is 2.52. The van der Waals surface area contributed by atoms with Crippen LogP contribution >= 0.6 is 0 Å². The molecule has 96 valence electrons. The van der Waals surface area contributed by atoms with E-state index in [0.717, 1.165) is 38.5 Å². The van der Waals surface area contributed by atoms with Gasteiger partial charge >= 0.3 is 0 Å². The maximum Gasteiger partial charge on any atom is 0.0862 e. The van der Waals surface area contributed by atoms with Gasteiger partial charge in [-0.15, -0.1) is 0 Å². The Labute approximate surface area is 105 Å². The molecule has 2 saturated carbocycles. The molecular weight excluding hydrogens is 210 g/mol. The van der Waals surface area contributed by atoms with E-state index in [9.17, 15) is 10.4 Å². The highest BCUT2D eigenvalue weighted by molar-refractivity contribution is 5.14. The van der Waals surface area contributed by atoms with Crippen LogP contribution in [-0.4, -0.2) is 10.7 Å². The van der Waals surface area contributed by atoms with E-state index in [-0.39, 0.29) is 0 Å². The van der Waals surface area contributed by atoms with Crippen LogP contribution in [0.4, 0.5) is 0 Å². The van der Waals surface area contributed by atoms with Crippen LogP contribution in [0.15, 0.2) is 0 Å². The van der Waals surface area contributed by atoms with E-state index < -0.39 is 11.0 Å². The van der Waals surface area contributed by atoms with Crippen molar-refractivity contribution < 1.29 is 5.11 Å². The Morgan fingerprint density at radius 2 is 1.65 bits per heavy atom. The Balaban J connectivity index is 2.24. The number of hydrogen-bond acceptors (Lipinski definition) is 2. The molecule has 0 radical (unpaired) electrons. The molecule has 2 rings (SSSR count). The molecule has 0 aliphatic heterocycles. The molecule has 0 aromatic heterocycles. The van der Waals surface area contributed by atoms with Gasteiger partial charge in [-0.1, -0.05) is 39.5 Å². The van der Waals surface area contributed by atoms with Gasteiger partial charge in [0.2, 0.25) is 0 Å². The minimum absolute atomic E-state index is 0.459. The minimum Gasteiger partial charge on any atom is -0.388 e. The number of hydrogen-bond donors (Lipinski definition) is 1. The Kier molecular flexibility index (Phi) is 3.50. The monoisotopic (exact) mass is 235 g/mol. The predicted octanol–water partition coefficient (Wildman–Crippen LogP) is 3.65. The first-order chi connectivity index (χ1) is 8.01. The van der Waals surface area contributed by atoms with E-state index in [2.05, 4.69) is 19.9 Å². The van der Waals surface area contributed by atoms with E-state index >= 15 is 0 Å². The van der Waals surface area contributed by atoms with Crippen molar-refractivity contribution in [1.82, 2.24) is 0 Å². The third-order valence-electron chi connectivity index (χ3n) is 5.08. The standard InChI is InChI=1S/C15H25NO/c1-12-5-3-7-14(9-12,11-16)15(17)8-4-6-13(2)10-15/h12-13,17H,3-10H2,1-2H3. The second-order valence-corrected chi connectivity index (χ2v) is 6.63. The Morgan fingerprint density at radius 1 is 1.06 bits per heavy atom. The lowest BCUT2D eigenvalue weighted by Gasteiger charge is -2.49. The van der Waals surface area contributed by atoms with Crippen LogP contribution in [0.2, 0.25) is 0 Å². The molecule has 1 N–H and O–H groups in total. The second kappa shape index (κ2) is 4.61. The summed E-state index contributed by atoms with van der Waals surface area (Å²) in [6, 6.07) is 2.53. The summed E-state index contributed by atoms with van der Waals surface area (Å²) < 4.78 is 0. The SMILES string of the molecule is CC1CCCC(O)(C2(C#N)CCCC(C)C2)C1. The molecule has 2 aliphatic carbocycles. The van der Waals surface area contributed by atoms with Crippen LogP contribution < -0.4 is 0 Å². The average molecular weight is 235 g/mol. The van der Waals surface area contributed by atoms with Crippen LogP contribution in [0.25, 0.3) is 0 Å². The zero-order chi connectivity index (χ0) is 12.5. The Bertz CT molecular complexity index is 321. The Hall–Kier alpha value is -0.550. The largest absolute Gasteiger partial charge is 0.388 e. The van der Waals surface area contributed by atoms with Crippen molar-refractivity contribution in [3.63, 3.8) is 0 Å². The summed E-state index contributed by atoms with van der Waals surface area (Å²) in [5.74, 6) is 1.15. The molecule has 0 spiro atoms. The summed E-state index contributed by atoms with van der Waals surface area (Å²) in [4.78, 5) is 0. The van der Waals surface area contributed by atoms with E-state index in [1.807, 2.05) is 0 Å². The van der Waals surface area contributed by atoms with Crippen LogP contribution in [0.1, 0.15) is 65.2 Å². The van der Waals surface area contributed by atoms with Crippen molar-refractivity contribution in [2.75, 3.05) is 0 Å². The first-order valence-electron chi connectivity index (χ1n) is 7.15. The van der Waals surface area contributed by atoms with Crippen molar-refractivity contribution in [2.24, 2.45) is 17.3 Å². The second-order valence-electron chi connectivity index (χ2n) is 6.63. The molecule has 2 aliphatic rings. The molecule has 0 amide bonds. The molecule has 4 unspecified atom stereocenters. The molecule has 0 aromatic rings. The quantitative estimate of drug-likeness (QED) is 0.754. The van der Waals surface area contributed by atoms with Gasteiger partial charge in [-0.2, -0.15) is 5.26 Å². The summed E-state index contributed by atoms with van der Waals surface area (Å²) in [5.41, 5.74) is -1.17. The third-order valence-corrected chi connectivity index (χ3v) is 5.08. The molecule has 0 aromatic carbocycles. The topological polar surface area (TPSA) is 44.0 Å². The summed E-state index contributed by atoms with van der Waals surface area (Å²) >= 11 is 0.